The summed E-state index contributed by atoms with van der Waals surface area (Å²) >= 11 is 6.75. The Morgan fingerprint density at radius 2 is 2.05 bits per heavy atom. The van der Waals surface area contributed by atoms with Crippen molar-refractivity contribution < 1.29 is 4.79 Å². The van der Waals surface area contributed by atoms with Crippen LogP contribution < -0.4 is 5.73 Å². The monoisotopic (exact) mass is 313 g/mol. The second-order valence-corrected chi connectivity index (χ2v) is 6.25. The Labute approximate surface area is 130 Å². The van der Waals surface area contributed by atoms with E-state index < -0.39 is 5.41 Å². The highest BCUT2D eigenvalue weighted by Gasteiger charge is 2.41. The van der Waals surface area contributed by atoms with Crippen LogP contribution in [-0.2, 0) is 11.3 Å². The number of carbonyl (C=O) groups is 1. The van der Waals surface area contributed by atoms with Crippen molar-refractivity contribution in [3.63, 3.8) is 0 Å². The van der Waals surface area contributed by atoms with Gasteiger partial charge in [-0.15, -0.1) is 11.3 Å². The van der Waals surface area contributed by atoms with Gasteiger partial charge in [-0.05, 0) is 12.8 Å². The van der Waals surface area contributed by atoms with Crippen molar-refractivity contribution in [2.45, 2.75) is 46.1 Å². The molecule has 0 aliphatic carbocycles. The Bertz CT molecular complexity index is 439. The number of rotatable bonds is 8. The molecule has 0 saturated carbocycles. The predicted molar refractivity (Wildman–Crippen MR) is 87.6 cm³/mol. The maximum atomic E-state index is 12.8. The summed E-state index contributed by atoms with van der Waals surface area (Å²) < 4.78 is 0. The van der Waals surface area contributed by atoms with Crippen LogP contribution in [0.3, 0.4) is 0 Å². The highest BCUT2D eigenvalue weighted by molar-refractivity contribution is 7.80. The molecule has 20 heavy (non-hydrogen) atoms. The SMILES string of the molecule is CCCC(CCC)(C(=O)N(C)Cc1cscn1)C(N)=S. The van der Waals surface area contributed by atoms with E-state index >= 15 is 0 Å². The molecule has 0 aliphatic heterocycles. The van der Waals surface area contributed by atoms with E-state index in [1.807, 2.05) is 5.38 Å². The van der Waals surface area contributed by atoms with Crippen LogP contribution in [0, 0.1) is 5.41 Å². The number of hydrogen-bond acceptors (Lipinski definition) is 4. The summed E-state index contributed by atoms with van der Waals surface area (Å²) in [6.45, 7) is 4.60. The van der Waals surface area contributed by atoms with Crippen molar-refractivity contribution >= 4 is 34.5 Å². The quantitative estimate of drug-likeness (QED) is 0.750. The Morgan fingerprint density at radius 3 is 2.45 bits per heavy atom. The third kappa shape index (κ3) is 3.76. The minimum atomic E-state index is -0.705. The first-order valence-electron chi connectivity index (χ1n) is 6.90. The van der Waals surface area contributed by atoms with Gasteiger partial charge in [-0.3, -0.25) is 4.79 Å². The number of nitrogens with two attached hydrogens (primary N) is 1. The van der Waals surface area contributed by atoms with Gasteiger partial charge in [-0.2, -0.15) is 0 Å². The molecule has 2 N–H and O–H groups in total. The fourth-order valence-electron chi connectivity index (χ4n) is 2.54. The summed E-state index contributed by atoms with van der Waals surface area (Å²) in [7, 11) is 1.79. The summed E-state index contributed by atoms with van der Waals surface area (Å²) in [5.41, 5.74) is 7.89. The zero-order valence-corrected chi connectivity index (χ0v) is 14.0. The van der Waals surface area contributed by atoms with E-state index in [0.29, 0.717) is 24.4 Å². The zero-order chi connectivity index (χ0) is 15.2. The summed E-state index contributed by atoms with van der Waals surface area (Å²) in [4.78, 5) is 19.1. The second kappa shape index (κ2) is 7.69. The number of nitrogens with zero attached hydrogens (tertiary/aromatic N) is 2. The maximum Gasteiger partial charge on any atom is 0.235 e. The molecule has 4 nitrogen and oxygen atoms in total. The molecule has 0 atom stereocenters. The van der Waals surface area contributed by atoms with Crippen molar-refractivity contribution in [3.05, 3.63) is 16.6 Å². The van der Waals surface area contributed by atoms with Crippen LogP contribution in [0.5, 0.6) is 0 Å². The van der Waals surface area contributed by atoms with Gasteiger partial charge < -0.3 is 10.6 Å². The first-order valence-corrected chi connectivity index (χ1v) is 8.25. The summed E-state index contributed by atoms with van der Waals surface area (Å²) in [5.74, 6) is 0.0155. The molecule has 0 aromatic carbocycles. The summed E-state index contributed by atoms with van der Waals surface area (Å²) in [5, 5.41) is 1.95. The fourth-order valence-corrected chi connectivity index (χ4v) is 3.38. The minimum Gasteiger partial charge on any atom is -0.392 e. The van der Waals surface area contributed by atoms with E-state index in [0.717, 1.165) is 18.5 Å². The molecule has 0 saturated heterocycles. The number of aromatic nitrogens is 1. The molecule has 0 spiro atoms. The van der Waals surface area contributed by atoms with Crippen LogP contribution in [0.1, 0.15) is 45.2 Å². The number of thiocarbonyl (C=S) groups is 1. The van der Waals surface area contributed by atoms with Crippen molar-refractivity contribution in [3.8, 4) is 0 Å². The van der Waals surface area contributed by atoms with E-state index in [4.69, 9.17) is 18.0 Å². The molecule has 0 unspecified atom stereocenters. The fraction of sp³-hybridized carbons (Fsp3) is 0.643. The Kier molecular flexibility index (Phi) is 6.55. The van der Waals surface area contributed by atoms with Gasteiger partial charge in [-0.1, -0.05) is 38.9 Å². The highest BCUT2D eigenvalue weighted by atomic mass is 32.1. The molecule has 112 valence electrons. The molecule has 1 heterocycles. The Morgan fingerprint density at radius 1 is 1.45 bits per heavy atom. The van der Waals surface area contributed by atoms with Crippen LogP contribution in [0.25, 0.3) is 0 Å². The van der Waals surface area contributed by atoms with E-state index in [-0.39, 0.29) is 5.91 Å². The number of amides is 1. The lowest BCUT2D eigenvalue weighted by Crippen LogP contribution is -2.49. The maximum absolute atomic E-state index is 12.8. The zero-order valence-electron chi connectivity index (χ0n) is 12.4. The van der Waals surface area contributed by atoms with Gasteiger partial charge in [0.2, 0.25) is 5.91 Å². The molecular formula is C14H23N3OS2. The second-order valence-electron chi connectivity index (χ2n) is 5.09. The van der Waals surface area contributed by atoms with Crippen LogP contribution in [0.15, 0.2) is 10.9 Å². The van der Waals surface area contributed by atoms with E-state index in [1.54, 1.807) is 17.5 Å². The minimum absolute atomic E-state index is 0.0155. The van der Waals surface area contributed by atoms with Gasteiger partial charge in [-0.25, -0.2) is 4.98 Å². The largest absolute Gasteiger partial charge is 0.392 e. The lowest BCUT2D eigenvalue weighted by Gasteiger charge is -2.34. The number of hydrogen-bond donors (Lipinski definition) is 1. The third-order valence-corrected chi connectivity index (χ3v) is 4.49. The van der Waals surface area contributed by atoms with Crippen molar-refractivity contribution in [2.75, 3.05) is 7.05 Å². The van der Waals surface area contributed by atoms with Crippen LogP contribution in [0.4, 0.5) is 0 Å². The Balaban J connectivity index is 2.93. The van der Waals surface area contributed by atoms with E-state index in [1.165, 1.54) is 11.3 Å². The van der Waals surface area contributed by atoms with Gasteiger partial charge in [0.15, 0.2) is 0 Å². The molecule has 0 radical (unpaired) electrons. The molecule has 1 aromatic heterocycles. The van der Waals surface area contributed by atoms with Crippen molar-refractivity contribution in [2.24, 2.45) is 11.1 Å². The molecule has 1 rings (SSSR count). The van der Waals surface area contributed by atoms with Crippen molar-refractivity contribution in [1.29, 1.82) is 0 Å². The van der Waals surface area contributed by atoms with Gasteiger partial charge >= 0.3 is 0 Å². The van der Waals surface area contributed by atoms with Gasteiger partial charge in [0, 0.05) is 12.4 Å². The van der Waals surface area contributed by atoms with E-state index in [2.05, 4.69) is 18.8 Å². The van der Waals surface area contributed by atoms with E-state index in [9.17, 15) is 4.79 Å². The molecular weight excluding hydrogens is 290 g/mol. The molecule has 6 heteroatoms. The first-order chi connectivity index (χ1) is 9.47. The number of carbonyl (C=O) groups excluding carboxylic acids is 1. The molecule has 1 aromatic rings. The number of thiazole rings is 1. The van der Waals surface area contributed by atoms with Gasteiger partial charge in [0.05, 0.1) is 28.2 Å². The summed E-state index contributed by atoms with van der Waals surface area (Å²) in [6, 6.07) is 0. The lowest BCUT2D eigenvalue weighted by atomic mass is 9.77. The third-order valence-electron chi connectivity index (χ3n) is 3.46. The Hall–Kier alpha value is -1.01. The van der Waals surface area contributed by atoms with Gasteiger partial charge in [0.25, 0.3) is 0 Å². The molecule has 0 fully saturated rings. The standard InChI is InChI=1S/C14H23N3OS2/c1-4-6-14(7-5-2,12(15)19)13(18)17(3)8-11-9-20-10-16-11/h9-10H,4-8H2,1-3H3,(H2,15,19). The average molecular weight is 313 g/mol. The van der Waals surface area contributed by atoms with Crippen LogP contribution >= 0.6 is 23.6 Å². The predicted octanol–water partition coefficient (Wildman–Crippen LogP) is 2.97. The van der Waals surface area contributed by atoms with Crippen LogP contribution in [-0.4, -0.2) is 27.8 Å². The normalized spacial score (nSPS) is 11.3. The lowest BCUT2D eigenvalue weighted by molar-refractivity contribution is -0.138. The van der Waals surface area contributed by atoms with Gasteiger partial charge in [0.1, 0.15) is 0 Å². The molecule has 0 bridgehead atoms. The smallest absolute Gasteiger partial charge is 0.235 e. The molecule has 0 aliphatic rings. The first kappa shape index (κ1) is 17.0. The molecule has 1 amide bonds. The summed E-state index contributed by atoms with van der Waals surface area (Å²) in [6.07, 6.45) is 3.17. The highest BCUT2D eigenvalue weighted by Crippen LogP contribution is 2.33. The van der Waals surface area contributed by atoms with Crippen LogP contribution in [0.2, 0.25) is 0 Å². The van der Waals surface area contributed by atoms with Crippen molar-refractivity contribution in [1.82, 2.24) is 9.88 Å². The topological polar surface area (TPSA) is 59.2 Å². The average Bonchev–Trinajstić information content (AvgIpc) is 2.90.